The summed E-state index contributed by atoms with van der Waals surface area (Å²) < 4.78 is 5.74. The molecule has 1 amide bonds. The first kappa shape index (κ1) is 20.2. The minimum absolute atomic E-state index is 0.0582. The number of thioether (sulfide) groups is 1. The van der Waals surface area contributed by atoms with Gasteiger partial charge in [0, 0.05) is 25.2 Å². The van der Waals surface area contributed by atoms with E-state index in [1.807, 2.05) is 30.3 Å². The van der Waals surface area contributed by atoms with E-state index in [0.717, 1.165) is 42.2 Å². The van der Waals surface area contributed by atoms with Crippen molar-refractivity contribution in [3.8, 4) is 5.75 Å². The van der Waals surface area contributed by atoms with Crippen molar-refractivity contribution in [1.82, 2.24) is 4.90 Å². The molecule has 8 heteroatoms. The zero-order valence-electron chi connectivity index (χ0n) is 16.3. The largest absolute Gasteiger partial charge is 0.489 e. The first-order valence-electron chi connectivity index (χ1n) is 9.82. The molecule has 1 saturated heterocycles. The minimum atomic E-state index is -0.425. The van der Waals surface area contributed by atoms with E-state index in [0.29, 0.717) is 17.3 Å². The second kappa shape index (κ2) is 9.13. The smallest absolute Gasteiger partial charge is 0.286 e. The monoisotopic (exact) mass is 423 g/mol. The van der Waals surface area contributed by atoms with Crippen LogP contribution in [-0.2, 0) is 11.4 Å². The lowest BCUT2D eigenvalue weighted by Gasteiger charge is -2.27. The molecule has 2 aromatic rings. The lowest BCUT2D eigenvalue weighted by Crippen LogP contribution is -2.33. The van der Waals surface area contributed by atoms with E-state index in [1.165, 1.54) is 30.3 Å². The molecule has 0 radical (unpaired) electrons. The first-order valence-corrected chi connectivity index (χ1v) is 10.6. The van der Waals surface area contributed by atoms with Crippen molar-refractivity contribution in [3.63, 3.8) is 0 Å². The topological polar surface area (TPSA) is 85.0 Å². The number of hydrogen-bond acceptors (Lipinski definition) is 6. The molecule has 4 rings (SSSR count). The molecule has 0 atom stereocenters. The number of hydrogen-bond donors (Lipinski definition) is 0. The second-order valence-corrected chi connectivity index (χ2v) is 8.15. The number of aliphatic imine (C=N–C) groups is 1. The number of piperidine rings is 1. The molecule has 7 nitrogen and oxygen atoms in total. The number of non-ortho nitro benzene ring substituents is 1. The van der Waals surface area contributed by atoms with Crippen molar-refractivity contribution in [1.29, 1.82) is 0 Å². The van der Waals surface area contributed by atoms with Crippen LogP contribution < -0.4 is 4.74 Å². The van der Waals surface area contributed by atoms with Crippen LogP contribution in [0.5, 0.6) is 5.75 Å². The van der Waals surface area contributed by atoms with Crippen LogP contribution >= 0.6 is 11.8 Å². The van der Waals surface area contributed by atoms with Crippen LogP contribution in [0.4, 0.5) is 5.69 Å². The van der Waals surface area contributed by atoms with E-state index < -0.39 is 4.92 Å². The molecular formula is C22H21N3O4S. The summed E-state index contributed by atoms with van der Waals surface area (Å²) in [5.74, 6) is 0.505. The SMILES string of the molecule is O=C1N=C(N2CCCCC2)SC1=Cc1ccc(OCc2ccc([N+](=O)[O-])cc2)cc1. The van der Waals surface area contributed by atoms with Crippen LogP contribution in [0, 0.1) is 10.1 Å². The third-order valence-electron chi connectivity index (χ3n) is 4.97. The fraction of sp³-hybridized carbons (Fsp3) is 0.273. The summed E-state index contributed by atoms with van der Waals surface area (Å²) in [7, 11) is 0. The Morgan fingerprint density at radius 3 is 2.43 bits per heavy atom. The summed E-state index contributed by atoms with van der Waals surface area (Å²) in [4.78, 5) is 29.6. The molecule has 154 valence electrons. The quantitative estimate of drug-likeness (QED) is 0.396. The van der Waals surface area contributed by atoms with Crippen molar-refractivity contribution in [2.75, 3.05) is 13.1 Å². The highest BCUT2D eigenvalue weighted by molar-refractivity contribution is 8.18. The summed E-state index contributed by atoms with van der Waals surface area (Å²) in [6.45, 7) is 2.25. The van der Waals surface area contributed by atoms with Gasteiger partial charge in [0.1, 0.15) is 12.4 Å². The highest BCUT2D eigenvalue weighted by Gasteiger charge is 2.26. The zero-order valence-corrected chi connectivity index (χ0v) is 17.1. The summed E-state index contributed by atoms with van der Waals surface area (Å²) in [5, 5.41) is 11.5. The van der Waals surface area contributed by atoms with Gasteiger partial charge in [0.05, 0.1) is 9.83 Å². The average Bonchev–Trinajstić information content (AvgIpc) is 3.14. The Labute approximate surface area is 178 Å². The number of nitro groups is 1. The van der Waals surface area contributed by atoms with Crippen molar-refractivity contribution < 1.29 is 14.5 Å². The predicted molar refractivity (Wildman–Crippen MR) is 117 cm³/mol. The van der Waals surface area contributed by atoms with E-state index in [4.69, 9.17) is 4.74 Å². The molecule has 2 aliphatic heterocycles. The van der Waals surface area contributed by atoms with E-state index in [9.17, 15) is 14.9 Å². The maximum atomic E-state index is 12.3. The van der Waals surface area contributed by atoms with Crippen molar-refractivity contribution in [2.24, 2.45) is 4.99 Å². The van der Waals surface area contributed by atoms with Crippen LogP contribution in [0.15, 0.2) is 58.4 Å². The number of benzene rings is 2. The number of carbonyl (C=O) groups is 1. The molecule has 1 fully saturated rings. The van der Waals surface area contributed by atoms with E-state index in [-0.39, 0.29) is 11.6 Å². The van der Waals surface area contributed by atoms with Gasteiger partial charge in [-0.15, -0.1) is 0 Å². The number of rotatable bonds is 5. The van der Waals surface area contributed by atoms with Gasteiger partial charge in [0.25, 0.3) is 11.6 Å². The van der Waals surface area contributed by atoms with Gasteiger partial charge < -0.3 is 9.64 Å². The van der Waals surface area contributed by atoms with Crippen molar-refractivity contribution in [2.45, 2.75) is 25.9 Å². The van der Waals surface area contributed by atoms with Gasteiger partial charge >= 0.3 is 0 Å². The van der Waals surface area contributed by atoms with Gasteiger partial charge in [-0.3, -0.25) is 14.9 Å². The van der Waals surface area contributed by atoms with Gasteiger partial charge in [0.2, 0.25) is 0 Å². The van der Waals surface area contributed by atoms with Gasteiger partial charge in [-0.1, -0.05) is 12.1 Å². The van der Waals surface area contributed by atoms with Gasteiger partial charge in [0.15, 0.2) is 5.17 Å². The lowest BCUT2D eigenvalue weighted by atomic mass is 10.1. The number of nitro benzene ring substituents is 1. The number of nitrogens with zero attached hydrogens (tertiary/aromatic N) is 3. The molecule has 0 aromatic heterocycles. The minimum Gasteiger partial charge on any atom is -0.489 e. The van der Waals surface area contributed by atoms with Crippen LogP contribution in [0.3, 0.4) is 0 Å². The second-order valence-electron chi connectivity index (χ2n) is 7.14. The number of amides is 1. The highest BCUT2D eigenvalue weighted by atomic mass is 32.2. The van der Waals surface area contributed by atoms with Crippen LogP contribution in [0.2, 0.25) is 0 Å². The molecular weight excluding hydrogens is 402 g/mol. The van der Waals surface area contributed by atoms with Gasteiger partial charge in [-0.25, -0.2) is 0 Å². The van der Waals surface area contributed by atoms with Crippen LogP contribution in [0.25, 0.3) is 6.08 Å². The average molecular weight is 423 g/mol. The highest BCUT2D eigenvalue weighted by Crippen LogP contribution is 2.31. The van der Waals surface area contributed by atoms with Crippen LogP contribution in [0.1, 0.15) is 30.4 Å². The molecule has 0 aliphatic carbocycles. The van der Waals surface area contributed by atoms with Crippen LogP contribution in [-0.4, -0.2) is 34.0 Å². The lowest BCUT2D eigenvalue weighted by molar-refractivity contribution is -0.384. The predicted octanol–water partition coefficient (Wildman–Crippen LogP) is 4.63. The van der Waals surface area contributed by atoms with Gasteiger partial charge in [-0.05, 0) is 72.5 Å². The maximum Gasteiger partial charge on any atom is 0.286 e. The fourth-order valence-electron chi connectivity index (χ4n) is 3.31. The number of carbonyl (C=O) groups excluding carboxylic acids is 1. The molecule has 0 spiro atoms. The van der Waals surface area contributed by atoms with Crippen molar-refractivity contribution in [3.05, 3.63) is 74.7 Å². The summed E-state index contributed by atoms with van der Waals surface area (Å²) in [6.07, 6.45) is 5.39. The Bertz CT molecular complexity index is 994. The molecule has 0 N–H and O–H groups in total. The molecule has 30 heavy (non-hydrogen) atoms. The Hall–Kier alpha value is -3.13. The first-order chi connectivity index (χ1) is 14.6. The third kappa shape index (κ3) is 4.88. The summed E-state index contributed by atoms with van der Waals surface area (Å²) in [5.41, 5.74) is 1.81. The molecule has 0 saturated carbocycles. The Kier molecular flexibility index (Phi) is 6.13. The summed E-state index contributed by atoms with van der Waals surface area (Å²) >= 11 is 1.44. The van der Waals surface area contributed by atoms with Gasteiger partial charge in [-0.2, -0.15) is 4.99 Å². The molecule has 0 unspecified atom stereocenters. The molecule has 2 aromatic carbocycles. The Morgan fingerprint density at radius 2 is 1.77 bits per heavy atom. The van der Waals surface area contributed by atoms with E-state index in [2.05, 4.69) is 9.89 Å². The Balaban J connectivity index is 1.34. The number of likely N-dealkylation sites (tertiary alicyclic amines) is 1. The van der Waals surface area contributed by atoms with E-state index in [1.54, 1.807) is 12.1 Å². The number of amidine groups is 1. The maximum absolute atomic E-state index is 12.3. The zero-order chi connectivity index (χ0) is 20.9. The Morgan fingerprint density at radius 1 is 1.07 bits per heavy atom. The van der Waals surface area contributed by atoms with E-state index >= 15 is 0 Å². The molecule has 2 aliphatic rings. The molecule has 0 bridgehead atoms. The summed E-state index contributed by atoms with van der Waals surface area (Å²) in [6, 6.07) is 13.8. The molecule has 2 heterocycles. The van der Waals surface area contributed by atoms with Crippen molar-refractivity contribution >= 4 is 34.6 Å². The standard InChI is InChI=1S/C22H21N3O4S/c26-21-20(30-22(23-21)24-12-2-1-3-13-24)14-16-6-10-19(11-7-16)29-15-17-4-8-18(9-5-17)25(27)28/h4-11,14H,1-3,12-13,15H2. The fourth-order valence-corrected chi connectivity index (χ4v) is 4.28. The third-order valence-corrected chi connectivity index (χ3v) is 6.01. The number of ether oxygens (including phenoxy) is 1. The normalized spacial score (nSPS) is 17.9.